The van der Waals surface area contributed by atoms with Gasteiger partial charge < -0.3 is 5.73 Å². The fourth-order valence-electron chi connectivity index (χ4n) is 2.13. The van der Waals surface area contributed by atoms with Gasteiger partial charge in [-0.1, -0.05) is 29.3 Å². The summed E-state index contributed by atoms with van der Waals surface area (Å²) in [5, 5.41) is 15.3. The molecule has 0 spiro atoms. The summed E-state index contributed by atoms with van der Waals surface area (Å²) in [7, 11) is 1.77. The van der Waals surface area contributed by atoms with Crippen LogP contribution in [0.25, 0.3) is 11.3 Å². The predicted molar refractivity (Wildman–Crippen MR) is 81.4 cm³/mol. The first-order valence-electron chi connectivity index (χ1n) is 6.20. The van der Waals surface area contributed by atoms with E-state index in [4.69, 9.17) is 5.73 Å². The van der Waals surface area contributed by atoms with Crippen LogP contribution in [0.2, 0.25) is 0 Å². The Labute approximate surface area is 124 Å². The summed E-state index contributed by atoms with van der Waals surface area (Å²) < 4.78 is 2.25. The van der Waals surface area contributed by atoms with Crippen LogP contribution in [0, 0.1) is 10.1 Å². The summed E-state index contributed by atoms with van der Waals surface area (Å²) >= 11 is 3.30. The highest BCUT2D eigenvalue weighted by atomic mass is 79.9. The van der Waals surface area contributed by atoms with Crippen LogP contribution in [0.5, 0.6) is 0 Å². The third kappa shape index (κ3) is 2.67. The van der Waals surface area contributed by atoms with Gasteiger partial charge in [-0.05, 0) is 12.5 Å². The molecular formula is C13H15BrN4O2. The van der Waals surface area contributed by atoms with E-state index in [1.165, 1.54) is 12.1 Å². The number of non-ortho nitro benzene ring substituents is 1. The van der Waals surface area contributed by atoms with Gasteiger partial charge in [-0.2, -0.15) is 5.10 Å². The summed E-state index contributed by atoms with van der Waals surface area (Å²) in [6.07, 6.45) is 1.72. The fraction of sp³-hybridized carbons (Fsp3) is 0.308. The largest absolute Gasteiger partial charge is 0.384 e. The molecule has 0 fully saturated rings. The van der Waals surface area contributed by atoms with Gasteiger partial charge >= 0.3 is 0 Å². The molecule has 0 bridgehead atoms. The Bertz CT molecular complexity index is 667. The predicted octanol–water partition coefficient (Wildman–Crippen LogP) is 3.29. The number of rotatable bonds is 4. The first-order chi connectivity index (χ1) is 9.43. The average Bonchev–Trinajstić information content (AvgIpc) is 2.67. The molecule has 0 atom stereocenters. The molecule has 0 aliphatic heterocycles. The molecule has 2 aromatic rings. The first kappa shape index (κ1) is 14.5. The van der Waals surface area contributed by atoms with Crippen molar-refractivity contribution in [1.29, 1.82) is 0 Å². The maximum absolute atomic E-state index is 11.0. The minimum Gasteiger partial charge on any atom is -0.384 e. The maximum Gasteiger partial charge on any atom is 0.271 e. The van der Waals surface area contributed by atoms with Gasteiger partial charge in [-0.25, -0.2) is 0 Å². The number of benzene rings is 1. The SMILES string of the molecule is CCCc1c(-c2cc(Br)cc([N+](=O)[O-])c2)nn(C)c1N. The topological polar surface area (TPSA) is 87.0 Å². The van der Waals surface area contributed by atoms with E-state index in [-0.39, 0.29) is 5.69 Å². The highest BCUT2D eigenvalue weighted by molar-refractivity contribution is 9.10. The van der Waals surface area contributed by atoms with E-state index in [2.05, 4.69) is 28.0 Å². The number of anilines is 1. The van der Waals surface area contributed by atoms with Gasteiger partial charge in [0.15, 0.2) is 0 Å². The number of halogens is 1. The van der Waals surface area contributed by atoms with E-state index in [0.717, 1.165) is 18.4 Å². The molecule has 1 aromatic heterocycles. The van der Waals surface area contributed by atoms with Crippen molar-refractivity contribution in [3.63, 3.8) is 0 Å². The second-order valence-electron chi connectivity index (χ2n) is 4.54. The van der Waals surface area contributed by atoms with Gasteiger partial charge in [0.1, 0.15) is 5.82 Å². The lowest BCUT2D eigenvalue weighted by Crippen LogP contribution is -1.99. The second kappa shape index (κ2) is 5.62. The van der Waals surface area contributed by atoms with Gasteiger partial charge in [0, 0.05) is 34.8 Å². The monoisotopic (exact) mass is 338 g/mol. The number of aromatic nitrogens is 2. The highest BCUT2D eigenvalue weighted by Gasteiger charge is 2.18. The van der Waals surface area contributed by atoms with Crippen molar-refractivity contribution in [3.05, 3.63) is 38.3 Å². The molecule has 0 radical (unpaired) electrons. The van der Waals surface area contributed by atoms with E-state index >= 15 is 0 Å². The molecule has 0 amide bonds. The van der Waals surface area contributed by atoms with E-state index in [1.807, 2.05) is 6.07 Å². The summed E-state index contributed by atoms with van der Waals surface area (Å²) in [5.74, 6) is 0.601. The third-order valence-electron chi connectivity index (χ3n) is 3.06. The lowest BCUT2D eigenvalue weighted by Gasteiger charge is -2.03. The first-order valence-corrected chi connectivity index (χ1v) is 7.00. The Morgan fingerprint density at radius 2 is 2.15 bits per heavy atom. The number of nitrogen functional groups attached to an aromatic ring is 1. The van der Waals surface area contributed by atoms with Crippen molar-refractivity contribution in [3.8, 4) is 11.3 Å². The molecule has 6 nitrogen and oxygen atoms in total. The van der Waals surface area contributed by atoms with Crippen LogP contribution in [0.1, 0.15) is 18.9 Å². The van der Waals surface area contributed by atoms with Gasteiger partial charge in [-0.3, -0.25) is 14.8 Å². The zero-order chi connectivity index (χ0) is 14.9. The van der Waals surface area contributed by atoms with Crippen LogP contribution >= 0.6 is 15.9 Å². The highest BCUT2D eigenvalue weighted by Crippen LogP contribution is 2.32. The van der Waals surface area contributed by atoms with Crippen molar-refractivity contribution in [2.45, 2.75) is 19.8 Å². The zero-order valence-corrected chi connectivity index (χ0v) is 12.8. The minimum atomic E-state index is -0.417. The maximum atomic E-state index is 11.0. The number of nitro benzene ring substituents is 1. The molecule has 1 heterocycles. The van der Waals surface area contributed by atoms with E-state index < -0.39 is 4.92 Å². The Hall–Kier alpha value is -1.89. The Kier molecular flexibility index (Phi) is 4.08. The van der Waals surface area contributed by atoms with Gasteiger partial charge in [0.05, 0.1) is 10.6 Å². The molecule has 0 aliphatic carbocycles. The van der Waals surface area contributed by atoms with E-state index in [1.54, 1.807) is 11.7 Å². The summed E-state index contributed by atoms with van der Waals surface area (Å²) in [5.41, 5.74) is 8.38. The van der Waals surface area contributed by atoms with Crippen LogP contribution in [0.4, 0.5) is 11.5 Å². The smallest absolute Gasteiger partial charge is 0.271 e. The molecule has 106 valence electrons. The van der Waals surface area contributed by atoms with E-state index in [0.29, 0.717) is 21.5 Å². The molecule has 0 aliphatic rings. The average molecular weight is 339 g/mol. The quantitative estimate of drug-likeness (QED) is 0.684. The normalized spacial score (nSPS) is 10.8. The molecule has 0 saturated heterocycles. The van der Waals surface area contributed by atoms with Crippen molar-refractivity contribution in [2.24, 2.45) is 7.05 Å². The van der Waals surface area contributed by atoms with Crippen LogP contribution in [0.3, 0.4) is 0 Å². The summed E-state index contributed by atoms with van der Waals surface area (Å²) in [6, 6.07) is 4.80. The third-order valence-corrected chi connectivity index (χ3v) is 3.52. The zero-order valence-electron chi connectivity index (χ0n) is 11.3. The van der Waals surface area contributed by atoms with Crippen LogP contribution in [-0.4, -0.2) is 14.7 Å². The molecule has 0 unspecified atom stereocenters. The van der Waals surface area contributed by atoms with Crippen LogP contribution < -0.4 is 5.73 Å². The minimum absolute atomic E-state index is 0.0287. The number of nitrogens with two attached hydrogens (primary N) is 1. The molecule has 20 heavy (non-hydrogen) atoms. The Morgan fingerprint density at radius 1 is 1.45 bits per heavy atom. The number of nitro groups is 1. The fourth-order valence-corrected chi connectivity index (χ4v) is 2.61. The van der Waals surface area contributed by atoms with Gasteiger partial charge in [0.2, 0.25) is 0 Å². The van der Waals surface area contributed by atoms with Crippen LogP contribution in [0.15, 0.2) is 22.7 Å². The van der Waals surface area contributed by atoms with Crippen molar-refractivity contribution < 1.29 is 4.92 Å². The van der Waals surface area contributed by atoms with Gasteiger partial charge in [0.25, 0.3) is 5.69 Å². The lowest BCUT2D eigenvalue weighted by molar-refractivity contribution is -0.384. The molecule has 2 rings (SSSR count). The Morgan fingerprint density at radius 3 is 2.75 bits per heavy atom. The van der Waals surface area contributed by atoms with Gasteiger partial charge in [-0.15, -0.1) is 0 Å². The number of hydrogen-bond donors (Lipinski definition) is 1. The molecular weight excluding hydrogens is 324 g/mol. The molecule has 1 aromatic carbocycles. The number of nitrogens with zero attached hydrogens (tertiary/aromatic N) is 3. The number of aryl methyl sites for hydroxylation is 1. The van der Waals surface area contributed by atoms with E-state index in [9.17, 15) is 10.1 Å². The summed E-state index contributed by atoms with van der Waals surface area (Å²) in [4.78, 5) is 10.5. The number of hydrogen-bond acceptors (Lipinski definition) is 4. The second-order valence-corrected chi connectivity index (χ2v) is 5.46. The summed E-state index contributed by atoms with van der Waals surface area (Å²) in [6.45, 7) is 2.06. The van der Waals surface area contributed by atoms with Crippen LogP contribution in [-0.2, 0) is 13.5 Å². The van der Waals surface area contributed by atoms with Crippen molar-refractivity contribution >= 4 is 27.4 Å². The van der Waals surface area contributed by atoms with Crippen molar-refractivity contribution in [1.82, 2.24) is 9.78 Å². The van der Waals surface area contributed by atoms with Crippen molar-refractivity contribution in [2.75, 3.05) is 5.73 Å². The standard InChI is InChI=1S/C13H15BrN4O2/c1-3-4-11-12(16-17(2)13(11)15)8-5-9(14)7-10(6-8)18(19)20/h5-7H,3-4,15H2,1-2H3. The molecule has 0 saturated carbocycles. The molecule has 7 heteroatoms. The molecule has 2 N–H and O–H groups in total. The Balaban J connectivity index is 2.62. The lowest BCUT2D eigenvalue weighted by atomic mass is 10.0.